The van der Waals surface area contributed by atoms with E-state index in [-0.39, 0.29) is 27.7 Å². The molecule has 1 heterocycles. The van der Waals surface area contributed by atoms with Crippen LogP contribution in [0.2, 0.25) is 10.0 Å². The van der Waals surface area contributed by atoms with Crippen molar-refractivity contribution in [2.75, 3.05) is 20.3 Å². The average Bonchev–Trinajstić information content (AvgIpc) is 2.75. The molecule has 0 radical (unpaired) electrons. The minimum atomic E-state index is -0.412. The van der Waals surface area contributed by atoms with Gasteiger partial charge >= 0.3 is 0 Å². The van der Waals surface area contributed by atoms with Gasteiger partial charge in [-0.15, -0.1) is 0 Å². The van der Waals surface area contributed by atoms with Crippen LogP contribution in [0.1, 0.15) is 15.9 Å². The van der Waals surface area contributed by atoms with Gasteiger partial charge in [-0.05, 0) is 35.9 Å². The molecule has 1 amide bonds. The van der Waals surface area contributed by atoms with Gasteiger partial charge in [0.1, 0.15) is 12.4 Å². The summed E-state index contributed by atoms with van der Waals surface area (Å²) >= 11 is 12.5. The first-order valence-electron chi connectivity index (χ1n) is 9.16. The van der Waals surface area contributed by atoms with Crippen molar-refractivity contribution in [1.82, 2.24) is 9.88 Å². The number of amides is 1. The van der Waals surface area contributed by atoms with Crippen molar-refractivity contribution in [3.05, 3.63) is 92.3 Å². The first-order valence-corrected chi connectivity index (χ1v) is 9.92. The molecule has 3 aromatic rings. The number of rotatable bonds is 8. The topological polar surface area (TPSA) is 69.6 Å². The Morgan fingerprint density at radius 2 is 1.80 bits per heavy atom. The molecule has 0 aliphatic rings. The van der Waals surface area contributed by atoms with Crippen LogP contribution in [0.25, 0.3) is 5.69 Å². The van der Waals surface area contributed by atoms with E-state index in [9.17, 15) is 9.59 Å². The average molecular weight is 447 g/mol. The predicted octanol–water partition coefficient (Wildman–Crippen LogP) is 4.10. The van der Waals surface area contributed by atoms with E-state index in [2.05, 4.69) is 5.32 Å². The summed E-state index contributed by atoms with van der Waals surface area (Å²) in [7, 11) is 1.57. The fraction of sp³-hybridized carbons (Fsp3) is 0.182. The third kappa shape index (κ3) is 5.21. The largest absolute Gasteiger partial charge is 0.490 e. The Morgan fingerprint density at radius 1 is 1.03 bits per heavy atom. The molecule has 30 heavy (non-hydrogen) atoms. The quantitative estimate of drug-likeness (QED) is 0.528. The smallest absolute Gasteiger partial charge is 0.255 e. The Labute approximate surface area is 184 Å². The van der Waals surface area contributed by atoms with Crippen LogP contribution in [0.15, 0.2) is 65.6 Å². The van der Waals surface area contributed by atoms with Crippen molar-refractivity contribution in [3.63, 3.8) is 0 Å². The van der Waals surface area contributed by atoms with Crippen LogP contribution in [0.5, 0.6) is 5.75 Å². The van der Waals surface area contributed by atoms with Gasteiger partial charge in [-0.3, -0.25) is 14.2 Å². The van der Waals surface area contributed by atoms with Gasteiger partial charge in [-0.2, -0.15) is 0 Å². The zero-order valence-electron chi connectivity index (χ0n) is 16.2. The van der Waals surface area contributed by atoms with Crippen molar-refractivity contribution >= 4 is 29.1 Å². The van der Waals surface area contributed by atoms with Gasteiger partial charge < -0.3 is 14.8 Å². The third-order valence-corrected chi connectivity index (χ3v) is 5.01. The highest BCUT2D eigenvalue weighted by atomic mass is 35.5. The number of halogens is 2. The van der Waals surface area contributed by atoms with Crippen LogP contribution in [-0.4, -0.2) is 30.8 Å². The highest BCUT2D eigenvalue weighted by Crippen LogP contribution is 2.33. The van der Waals surface area contributed by atoms with E-state index in [0.717, 1.165) is 11.3 Å². The molecule has 6 nitrogen and oxygen atoms in total. The van der Waals surface area contributed by atoms with E-state index in [1.165, 1.54) is 10.6 Å². The van der Waals surface area contributed by atoms with E-state index in [0.29, 0.717) is 19.0 Å². The van der Waals surface area contributed by atoms with Crippen LogP contribution in [0, 0.1) is 0 Å². The Morgan fingerprint density at radius 3 is 2.50 bits per heavy atom. The zero-order valence-corrected chi connectivity index (χ0v) is 17.7. The molecule has 1 aromatic heterocycles. The molecular formula is C22H20Cl2N2O4. The summed E-state index contributed by atoms with van der Waals surface area (Å²) in [5.41, 5.74) is 1.63. The number of benzene rings is 2. The summed E-state index contributed by atoms with van der Waals surface area (Å²) in [5.74, 6) is -0.0496. The summed E-state index contributed by atoms with van der Waals surface area (Å²) in [4.78, 5) is 24.6. The van der Waals surface area contributed by atoms with Crippen LogP contribution in [-0.2, 0) is 11.3 Å². The highest BCUT2D eigenvalue weighted by molar-refractivity contribution is 6.40. The molecule has 0 spiro atoms. The molecule has 0 saturated carbocycles. The van der Waals surface area contributed by atoms with Crippen LogP contribution in [0.3, 0.4) is 0 Å². The van der Waals surface area contributed by atoms with Gasteiger partial charge in [0, 0.05) is 31.6 Å². The van der Waals surface area contributed by atoms with E-state index >= 15 is 0 Å². The minimum Gasteiger partial charge on any atom is -0.490 e. The number of aromatic nitrogens is 1. The molecule has 0 aliphatic heterocycles. The summed E-state index contributed by atoms with van der Waals surface area (Å²) < 4.78 is 12.0. The fourth-order valence-electron chi connectivity index (χ4n) is 2.77. The number of ether oxygens (including phenoxy) is 2. The van der Waals surface area contributed by atoms with Crippen LogP contribution < -0.4 is 15.6 Å². The Balaban J connectivity index is 1.69. The van der Waals surface area contributed by atoms with E-state index in [1.54, 1.807) is 37.6 Å². The van der Waals surface area contributed by atoms with Crippen molar-refractivity contribution in [2.24, 2.45) is 0 Å². The van der Waals surface area contributed by atoms with Crippen molar-refractivity contribution < 1.29 is 14.3 Å². The number of nitrogens with zero attached hydrogens (tertiary/aromatic N) is 1. The Bertz CT molecular complexity index is 1080. The number of carbonyl (C=O) groups excluding carboxylic acids is 1. The molecule has 0 saturated heterocycles. The summed E-state index contributed by atoms with van der Waals surface area (Å²) in [6.45, 7) is 0.964. The van der Waals surface area contributed by atoms with Crippen molar-refractivity contribution in [2.45, 2.75) is 6.54 Å². The first kappa shape index (κ1) is 21.9. The van der Waals surface area contributed by atoms with Crippen LogP contribution in [0.4, 0.5) is 0 Å². The van der Waals surface area contributed by atoms with Crippen molar-refractivity contribution in [1.29, 1.82) is 0 Å². The van der Waals surface area contributed by atoms with Crippen molar-refractivity contribution in [3.8, 4) is 11.4 Å². The van der Waals surface area contributed by atoms with E-state index < -0.39 is 5.91 Å². The number of hydrogen-bond donors (Lipinski definition) is 1. The van der Waals surface area contributed by atoms with E-state index in [4.69, 9.17) is 32.7 Å². The molecule has 8 heteroatoms. The molecule has 0 unspecified atom stereocenters. The number of hydrogen-bond acceptors (Lipinski definition) is 4. The lowest BCUT2D eigenvalue weighted by Gasteiger charge is -2.13. The van der Waals surface area contributed by atoms with E-state index in [1.807, 2.05) is 24.3 Å². The maximum absolute atomic E-state index is 12.7. The lowest BCUT2D eigenvalue weighted by atomic mass is 10.1. The lowest BCUT2D eigenvalue weighted by molar-refractivity contribution is 0.0950. The van der Waals surface area contributed by atoms with Gasteiger partial charge in [0.05, 0.1) is 22.2 Å². The highest BCUT2D eigenvalue weighted by Gasteiger charge is 2.18. The molecular weight excluding hydrogens is 427 g/mol. The lowest BCUT2D eigenvalue weighted by Crippen LogP contribution is -2.24. The standard InChI is InChI=1S/C22H20Cl2N2O4/c1-29-12-13-30-18-10-9-17(23)20(21(18)24)22(28)25-14-15-5-7-16(8-6-15)26-11-3-2-4-19(26)27/h2-11H,12-14H2,1H3,(H,25,28). The molecule has 0 aliphatic carbocycles. The molecule has 0 atom stereocenters. The molecule has 3 rings (SSSR count). The number of pyridine rings is 1. The van der Waals surface area contributed by atoms with Gasteiger partial charge in [0.25, 0.3) is 11.5 Å². The molecule has 156 valence electrons. The van der Waals surface area contributed by atoms with Gasteiger partial charge in [0.15, 0.2) is 0 Å². The summed E-state index contributed by atoms with van der Waals surface area (Å²) in [6.07, 6.45) is 1.70. The summed E-state index contributed by atoms with van der Waals surface area (Å²) in [5, 5.41) is 3.19. The normalized spacial score (nSPS) is 10.6. The second-order valence-corrected chi connectivity index (χ2v) is 7.12. The monoisotopic (exact) mass is 446 g/mol. The maximum Gasteiger partial charge on any atom is 0.255 e. The predicted molar refractivity (Wildman–Crippen MR) is 117 cm³/mol. The minimum absolute atomic E-state index is 0.115. The second-order valence-electron chi connectivity index (χ2n) is 6.33. The Kier molecular flexibility index (Phi) is 7.52. The molecule has 1 N–H and O–H groups in total. The number of methoxy groups -OCH3 is 1. The maximum atomic E-state index is 12.7. The van der Waals surface area contributed by atoms with Gasteiger partial charge in [-0.1, -0.05) is 41.4 Å². The molecule has 0 bridgehead atoms. The number of carbonyl (C=O) groups is 1. The Hall–Kier alpha value is -2.80. The second kappa shape index (κ2) is 10.3. The third-order valence-electron chi connectivity index (χ3n) is 4.32. The SMILES string of the molecule is COCCOc1ccc(Cl)c(C(=O)NCc2ccc(-n3ccccc3=O)cc2)c1Cl. The molecule has 0 fully saturated rings. The first-order chi connectivity index (χ1) is 14.5. The summed E-state index contributed by atoms with van der Waals surface area (Å²) in [6, 6.07) is 15.4. The zero-order chi connectivity index (χ0) is 21.5. The van der Waals surface area contributed by atoms with Gasteiger partial charge in [-0.25, -0.2) is 0 Å². The van der Waals surface area contributed by atoms with Gasteiger partial charge in [0.2, 0.25) is 0 Å². The number of nitrogens with one attached hydrogen (secondary N) is 1. The van der Waals surface area contributed by atoms with Crippen LogP contribution >= 0.6 is 23.2 Å². The fourth-order valence-corrected chi connectivity index (χ4v) is 3.37. The molecule has 2 aromatic carbocycles.